The molecule has 3 heterocycles. The number of likely N-dealkylation sites (tertiary alicyclic amines) is 1. The second kappa shape index (κ2) is 8.44. The molecule has 1 aromatic carbocycles. The third-order valence-electron chi connectivity index (χ3n) is 5.48. The zero-order valence-electron chi connectivity index (χ0n) is 15.4. The summed E-state index contributed by atoms with van der Waals surface area (Å²) in [6, 6.07) is 5.49. The fourth-order valence-electron chi connectivity index (χ4n) is 3.90. The Morgan fingerprint density at radius 3 is 2.63 bits per heavy atom. The van der Waals surface area contributed by atoms with Crippen molar-refractivity contribution in [2.75, 3.05) is 39.5 Å². The molecule has 3 aliphatic rings. The van der Waals surface area contributed by atoms with Gasteiger partial charge in [0.25, 0.3) is 0 Å². The fraction of sp³-hybridized carbons (Fsp3) is 0.600. The average Bonchev–Trinajstić information content (AvgIpc) is 3.25. The van der Waals surface area contributed by atoms with Gasteiger partial charge >= 0.3 is 0 Å². The van der Waals surface area contributed by atoms with Gasteiger partial charge in [-0.3, -0.25) is 4.79 Å². The van der Waals surface area contributed by atoms with Crippen molar-refractivity contribution in [1.29, 1.82) is 0 Å². The minimum absolute atomic E-state index is 0.0322. The topological polar surface area (TPSA) is 60.0 Å². The minimum atomic E-state index is 0.0322. The van der Waals surface area contributed by atoms with E-state index >= 15 is 0 Å². The Kier molecular flexibility index (Phi) is 5.78. The maximum Gasteiger partial charge on any atom is 0.169 e. The summed E-state index contributed by atoms with van der Waals surface area (Å²) < 4.78 is 16.8. The Hall–Kier alpha value is -1.86. The van der Waals surface area contributed by atoms with Gasteiger partial charge in [-0.1, -0.05) is 0 Å². The number of rotatable bonds is 4. The molecule has 0 spiro atoms. The molecular formula is C20H26N2O4S. The highest BCUT2D eigenvalue weighted by Crippen LogP contribution is 2.32. The Bertz CT molecular complexity index is 697. The van der Waals surface area contributed by atoms with Gasteiger partial charge in [0, 0.05) is 37.7 Å². The van der Waals surface area contributed by atoms with Crippen LogP contribution in [0.3, 0.4) is 0 Å². The first kappa shape index (κ1) is 18.5. The van der Waals surface area contributed by atoms with Crippen molar-refractivity contribution in [3.8, 4) is 11.5 Å². The lowest BCUT2D eigenvalue weighted by atomic mass is 9.89. The van der Waals surface area contributed by atoms with Crippen LogP contribution in [0.5, 0.6) is 11.5 Å². The number of nitrogens with zero attached hydrogens (tertiary/aromatic N) is 1. The van der Waals surface area contributed by atoms with Crippen LogP contribution in [0.1, 0.15) is 36.0 Å². The van der Waals surface area contributed by atoms with E-state index < -0.39 is 0 Å². The number of carbonyl (C=O) groups excluding carboxylic acids is 1. The number of thiocarbonyl (C=S) groups is 1. The quantitative estimate of drug-likeness (QED) is 0.626. The van der Waals surface area contributed by atoms with Crippen LogP contribution in [0.2, 0.25) is 0 Å². The van der Waals surface area contributed by atoms with Crippen LogP contribution >= 0.6 is 12.2 Å². The molecule has 1 aromatic rings. The van der Waals surface area contributed by atoms with Crippen molar-refractivity contribution in [3.05, 3.63) is 23.8 Å². The van der Waals surface area contributed by atoms with E-state index in [-0.39, 0.29) is 17.8 Å². The van der Waals surface area contributed by atoms with E-state index in [1.54, 1.807) is 0 Å². The van der Waals surface area contributed by atoms with E-state index in [9.17, 15) is 4.79 Å². The number of fused-ring (bicyclic) bond motifs is 1. The van der Waals surface area contributed by atoms with Gasteiger partial charge in [0.2, 0.25) is 0 Å². The predicted molar refractivity (Wildman–Crippen MR) is 106 cm³/mol. The number of Topliss-reactive ketones (excluding diaryl/α,β-unsaturated/α-hetero) is 1. The highest BCUT2D eigenvalue weighted by molar-refractivity contribution is 7.80. The van der Waals surface area contributed by atoms with Crippen LogP contribution in [0.25, 0.3) is 0 Å². The third-order valence-corrected chi connectivity index (χ3v) is 5.89. The van der Waals surface area contributed by atoms with Crippen LogP contribution in [0.15, 0.2) is 18.2 Å². The van der Waals surface area contributed by atoms with Crippen molar-refractivity contribution in [2.24, 2.45) is 5.92 Å². The summed E-state index contributed by atoms with van der Waals surface area (Å²) in [4.78, 5) is 15.0. The molecule has 2 saturated heterocycles. The largest absolute Gasteiger partial charge is 0.486 e. The molecular weight excluding hydrogens is 364 g/mol. The predicted octanol–water partition coefficient (Wildman–Crippen LogP) is 2.41. The summed E-state index contributed by atoms with van der Waals surface area (Å²) in [6.07, 6.45) is 4.13. The summed E-state index contributed by atoms with van der Waals surface area (Å²) in [5.74, 6) is 1.61. The van der Waals surface area contributed by atoms with Crippen LogP contribution in [0.4, 0.5) is 0 Å². The standard InChI is InChI=1S/C20H26N2O4S/c23-19(15-3-4-17-18(12-15)26-11-10-25-17)14-5-7-22(8-6-14)20(27)21-13-16-2-1-9-24-16/h3-4,12,14,16H,1-2,5-11,13H2,(H,21,27)/t16-/m0/s1. The zero-order chi connectivity index (χ0) is 18.6. The van der Waals surface area contributed by atoms with Gasteiger partial charge in [0.05, 0.1) is 6.10 Å². The molecule has 1 N–H and O–H groups in total. The van der Waals surface area contributed by atoms with E-state index in [0.29, 0.717) is 24.5 Å². The highest BCUT2D eigenvalue weighted by Gasteiger charge is 2.28. The minimum Gasteiger partial charge on any atom is -0.486 e. The maximum absolute atomic E-state index is 12.9. The SMILES string of the molecule is O=C(c1ccc2c(c1)OCCO2)C1CCN(C(=S)NC[C@@H]2CCCO2)CC1. The molecule has 0 amide bonds. The lowest BCUT2D eigenvalue weighted by Crippen LogP contribution is -2.47. The molecule has 6 nitrogen and oxygen atoms in total. The third kappa shape index (κ3) is 4.35. The van der Waals surface area contributed by atoms with Gasteiger partial charge in [-0.15, -0.1) is 0 Å². The number of carbonyl (C=O) groups is 1. The number of hydrogen-bond donors (Lipinski definition) is 1. The molecule has 3 aliphatic heterocycles. The first-order chi connectivity index (χ1) is 13.2. The molecule has 0 unspecified atom stereocenters. The number of hydrogen-bond acceptors (Lipinski definition) is 5. The summed E-state index contributed by atoms with van der Waals surface area (Å²) in [6.45, 7) is 4.32. The molecule has 0 aliphatic carbocycles. The Balaban J connectivity index is 1.28. The average molecular weight is 391 g/mol. The van der Waals surface area contributed by atoms with Crippen molar-refractivity contribution in [2.45, 2.75) is 31.8 Å². The van der Waals surface area contributed by atoms with E-state index in [4.69, 9.17) is 26.4 Å². The lowest BCUT2D eigenvalue weighted by molar-refractivity contribution is 0.0869. The van der Waals surface area contributed by atoms with Crippen molar-refractivity contribution < 1.29 is 19.0 Å². The summed E-state index contributed by atoms with van der Waals surface area (Å²) in [5, 5.41) is 4.10. The Morgan fingerprint density at radius 1 is 1.11 bits per heavy atom. The number of ether oxygens (including phenoxy) is 3. The molecule has 7 heteroatoms. The lowest BCUT2D eigenvalue weighted by Gasteiger charge is -2.33. The first-order valence-electron chi connectivity index (χ1n) is 9.79. The molecule has 0 bridgehead atoms. The van der Waals surface area contributed by atoms with E-state index in [1.165, 1.54) is 0 Å². The molecule has 4 rings (SSSR count). The number of ketones is 1. The summed E-state index contributed by atoms with van der Waals surface area (Å²) in [7, 11) is 0. The molecule has 2 fully saturated rings. The molecule has 27 heavy (non-hydrogen) atoms. The van der Waals surface area contributed by atoms with Crippen LogP contribution < -0.4 is 14.8 Å². The number of nitrogens with one attached hydrogen (secondary N) is 1. The van der Waals surface area contributed by atoms with Crippen molar-refractivity contribution in [3.63, 3.8) is 0 Å². The number of piperidine rings is 1. The van der Waals surface area contributed by atoms with Gasteiger partial charge < -0.3 is 24.4 Å². The van der Waals surface area contributed by atoms with Gasteiger partial charge in [0.1, 0.15) is 13.2 Å². The maximum atomic E-state index is 12.9. The smallest absolute Gasteiger partial charge is 0.169 e. The summed E-state index contributed by atoms with van der Waals surface area (Å²) >= 11 is 5.52. The van der Waals surface area contributed by atoms with Gasteiger partial charge in [-0.25, -0.2) is 0 Å². The second-order valence-corrected chi connectivity index (χ2v) is 7.69. The summed E-state index contributed by atoms with van der Waals surface area (Å²) in [5.41, 5.74) is 0.705. The fourth-order valence-corrected chi connectivity index (χ4v) is 4.16. The van der Waals surface area contributed by atoms with Gasteiger partial charge in [0.15, 0.2) is 22.4 Å². The van der Waals surface area contributed by atoms with Gasteiger partial charge in [-0.2, -0.15) is 0 Å². The van der Waals surface area contributed by atoms with E-state index in [0.717, 1.165) is 62.8 Å². The molecule has 0 aromatic heterocycles. The van der Waals surface area contributed by atoms with Crippen molar-refractivity contribution in [1.82, 2.24) is 10.2 Å². The molecule has 0 radical (unpaired) electrons. The molecule has 146 valence electrons. The van der Waals surface area contributed by atoms with Crippen LogP contribution in [-0.4, -0.2) is 61.4 Å². The van der Waals surface area contributed by atoms with Crippen LogP contribution in [0, 0.1) is 5.92 Å². The monoisotopic (exact) mass is 390 g/mol. The zero-order valence-corrected chi connectivity index (χ0v) is 16.3. The Labute approximate surface area is 165 Å². The molecule has 1 atom stereocenters. The number of benzene rings is 1. The van der Waals surface area contributed by atoms with E-state index in [1.807, 2.05) is 18.2 Å². The van der Waals surface area contributed by atoms with Crippen molar-refractivity contribution >= 4 is 23.1 Å². The molecule has 0 saturated carbocycles. The Morgan fingerprint density at radius 2 is 1.89 bits per heavy atom. The second-order valence-electron chi connectivity index (χ2n) is 7.31. The highest BCUT2D eigenvalue weighted by atomic mass is 32.1. The normalized spacial score (nSPS) is 22.5. The van der Waals surface area contributed by atoms with Crippen LogP contribution in [-0.2, 0) is 4.74 Å². The van der Waals surface area contributed by atoms with Gasteiger partial charge in [-0.05, 0) is 56.1 Å². The first-order valence-corrected chi connectivity index (χ1v) is 10.2. The van der Waals surface area contributed by atoms with E-state index in [2.05, 4.69) is 10.2 Å².